The second-order valence-electron chi connectivity index (χ2n) is 4.79. The molecule has 4 nitrogen and oxygen atoms in total. The molecule has 2 N–H and O–H groups in total. The third-order valence-electron chi connectivity index (χ3n) is 2.69. The summed E-state index contributed by atoms with van der Waals surface area (Å²) in [5.74, 6) is 0.905. The fourth-order valence-electron chi connectivity index (χ4n) is 1.76. The van der Waals surface area contributed by atoms with Crippen LogP contribution >= 0.6 is 0 Å². The van der Waals surface area contributed by atoms with Crippen LogP contribution in [0.1, 0.15) is 26.3 Å². The zero-order valence-corrected chi connectivity index (χ0v) is 11.6. The van der Waals surface area contributed by atoms with E-state index in [-0.39, 0.29) is 11.4 Å². The van der Waals surface area contributed by atoms with Crippen molar-refractivity contribution in [3.05, 3.63) is 23.8 Å². The average molecular weight is 253 g/mol. The number of hydrogen-bond acceptors (Lipinski definition) is 4. The molecule has 0 aliphatic heterocycles. The zero-order chi connectivity index (χ0) is 13.6. The molecule has 0 saturated heterocycles. The summed E-state index contributed by atoms with van der Waals surface area (Å²) in [6.07, 6.45) is 0. The van der Waals surface area contributed by atoms with Crippen LogP contribution in [-0.4, -0.2) is 31.0 Å². The maximum absolute atomic E-state index is 9.80. The van der Waals surface area contributed by atoms with Crippen molar-refractivity contribution in [2.75, 3.05) is 20.3 Å². The predicted molar refractivity (Wildman–Crippen MR) is 72.1 cm³/mol. The Kier molecular flexibility index (Phi) is 5.44. The van der Waals surface area contributed by atoms with Crippen LogP contribution in [0, 0.1) is 0 Å². The molecule has 1 aromatic carbocycles. The molecule has 102 valence electrons. The van der Waals surface area contributed by atoms with Crippen LogP contribution in [0.4, 0.5) is 0 Å². The number of rotatable bonds is 7. The van der Waals surface area contributed by atoms with E-state index in [1.54, 1.807) is 13.2 Å². The van der Waals surface area contributed by atoms with E-state index in [9.17, 15) is 5.11 Å². The van der Waals surface area contributed by atoms with Crippen LogP contribution in [0.2, 0.25) is 0 Å². The molecular formula is C14H23NO3. The van der Waals surface area contributed by atoms with Gasteiger partial charge in [0.2, 0.25) is 0 Å². The van der Waals surface area contributed by atoms with Gasteiger partial charge in [0.05, 0.1) is 12.7 Å². The van der Waals surface area contributed by atoms with Crippen molar-refractivity contribution in [2.45, 2.75) is 32.9 Å². The molecule has 0 unspecified atom stereocenters. The van der Waals surface area contributed by atoms with E-state index in [2.05, 4.69) is 5.32 Å². The highest BCUT2D eigenvalue weighted by Gasteiger charge is 2.16. The lowest BCUT2D eigenvalue weighted by Crippen LogP contribution is -2.37. The van der Waals surface area contributed by atoms with E-state index in [1.807, 2.05) is 32.9 Å². The first-order valence-corrected chi connectivity index (χ1v) is 6.19. The molecule has 0 saturated carbocycles. The van der Waals surface area contributed by atoms with Crippen LogP contribution in [0.3, 0.4) is 0 Å². The summed E-state index contributed by atoms with van der Waals surface area (Å²) in [6.45, 7) is 8.09. The Morgan fingerprint density at radius 1 is 1.33 bits per heavy atom. The van der Waals surface area contributed by atoms with Gasteiger partial charge in [0, 0.05) is 31.3 Å². The highest BCUT2D eigenvalue weighted by atomic mass is 16.5. The average Bonchev–Trinajstić information content (AvgIpc) is 2.31. The van der Waals surface area contributed by atoms with E-state index in [4.69, 9.17) is 9.47 Å². The van der Waals surface area contributed by atoms with Gasteiger partial charge in [-0.3, -0.25) is 0 Å². The van der Waals surface area contributed by atoms with Gasteiger partial charge >= 0.3 is 0 Å². The van der Waals surface area contributed by atoms with Crippen LogP contribution in [0.15, 0.2) is 18.2 Å². The Balaban J connectivity index is 2.49. The molecule has 0 fully saturated rings. The molecule has 0 atom stereocenters. The number of hydrogen-bond donors (Lipinski definition) is 2. The first-order valence-electron chi connectivity index (χ1n) is 6.19. The minimum absolute atomic E-state index is 0.198. The normalized spacial score (nSPS) is 11.6. The third kappa shape index (κ3) is 4.55. The van der Waals surface area contributed by atoms with Crippen LogP contribution < -0.4 is 10.1 Å². The molecule has 0 heterocycles. The quantitative estimate of drug-likeness (QED) is 0.783. The molecule has 1 rings (SSSR count). The maximum Gasteiger partial charge on any atom is 0.123 e. The molecule has 0 amide bonds. The molecule has 4 heteroatoms. The Bertz CT molecular complexity index is 377. The monoisotopic (exact) mass is 253 g/mol. The lowest BCUT2D eigenvalue weighted by Gasteiger charge is -2.25. The number of methoxy groups -OCH3 is 1. The molecule has 0 aliphatic carbocycles. The fraction of sp³-hybridized carbons (Fsp3) is 0.571. The van der Waals surface area contributed by atoms with Gasteiger partial charge in [-0.1, -0.05) is 6.07 Å². The van der Waals surface area contributed by atoms with Gasteiger partial charge in [-0.15, -0.1) is 0 Å². The minimum Gasteiger partial charge on any atom is -0.507 e. The van der Waals surface area contributed by atoms with Gasteiger partial charge in [0.15, 0.2) is 0 Å². The van der Waals surface area contributed by atoms with E-state index in [1.165, 1.54) is 0 Å². The summed E-state index contributed by atoms with van der Waals surface area (Å²) >= 11 is 0. The van der Waals surface area contributed by atoms with Crippen molar-refractivity contribution in [3.63, 3.8) is 0 Å². The van der Waals surface area contributed by atoms with E-state index >= 15 is 0 Å². The topological polar surface area (TPSA) is 50.7 Å². The molecule has 18 heavy (non-hydrogen) atoms. The smallest absolute Gasteiger partial charge is 0.123 e. The molecular weight excluding hydrogens is 230 g/mol. The zero-order valence-electron chi connectivity index (χ0n) is 11.6. The van der Waals surface area contributed by atoms with Crippen LogP contribution in [0.5, 0.6) is 11.5 Å². The van der Waals surface area contributed by atoms with Gasteiger partial charge in [-0.2, -0.15) is 0 Å². The first-order chi connectivity index (χ1) is 8.48. The van der Waals surface area contributed by atoms with Gasteiger partial charge < -0.3 is 19.9 Å². The van der Waals surface area contributed by atoms with Gasteiger partial charge in [-0.25, -0.2) is 0 Å². The Morgan fingerprint density at radius 2 is 2.06 bits per heavy atom. The minimum atomic E-state index is -0.198. The maximum atomic E-state index is 9.80. The van der Waals surface area contributed by atoms with Crippen molar-refractivity contribution in [1.29, 1.82) is 0 Å². The fourth-order valence-corrected chi connectivity index (χ4v) is 1.76. The second kappa shape index (κ2) is 6.61. The SMILES string of the molecule is CCOC(C)(C)CNCc1ccc(OC)cc1O. The summed E-state index contributed by atoms with van der Waals surface area (Å²) in [5, 5.41) is 13.1. The van der Waals surface area contributed by atoms with Gasteiger partial charge in [0.1, 0.15) is 11.5 Å². The molecule has 1 aromatic rings. The van der Waals surface area contributed by atoms with E-state index in [0.29, 0.717) is 18.9 Å². The summed E-state index contributed by atoms with van der Waals surface area (Å²) in [5.41, 5.74) is 0.653. The largest absolute Gasteiger partial charge is 0.507 e. The lowest BCUT2D eigenvalue weighted by molar-refractivity contribution is -0.00900. The van der Waals surface area contributed by atoms with Crippen molar-refractivity contribution >= 4 is 0 Å². The van der Waals surface area contributed by atoms with Crippen molar-refractivity contribution < 1.29 is 14.6 Å². The van der Waals surface area contributed by atoms with Gasteiger partial charge in [0.25, 0.3) is 0 Å². The Hall–Kier alpha value is -1.26. The Morgan fingerprint density at radius 3 is 2.61 bits per heavy atom. The predicted octanol–water partition coefficient (Wildman–Crippen LogP) is 2.31. The van der Waals surface area contributed by atoms with E-state index in [0.717, 1.165) is 12.1 Å². The number of ether oxygens (including phenoxy) is 2. The summed E-state index contributed by atoms with van der Waals surface area (Å²) in [6, 6.07) is 5.31. The molecule has 0 radical (unpaired) electrons. The summed E-state index contributed by atoms with van der Waals surface area (Å²) in [7, 11) is 1.58. The standard InChI is InChI=1S/C14H23NO3/c1-5-18-14(2,3)10-15-9-11-6-7-12(17-4)8-13(11)16/h6-8,15-16H,5,9-10H2,1-4H3. The first kappa shape index (κ1) is 14.8. The summed E-state index contributed by atoms with van der Waals surface area (Å²) in [4.78, 5) is 0. The number of nitrogens with one attached hydrogen (secondary N) is 1. The van der Waals surface area contributed by atoms with E-state index < -0.39 is 0 Å². The van der Waals surface area contributed by atoms with Crippen molar-refractivity contribution in [2.24, 2.45) is 0 Å². The number of phenolic OH excluding ortho intramolecular Hbond substituents is 1. The molecule has 0 spiro atoms. The third-order valence-corrected chi connectivity index (χ3v) is 2.69. The van der Waals surface area contributed by atoms with Crippen LogP contribution in [0.25, 0.3) is 0 Å². The molecule has 0 aliphatic rings. The highest BCUT2D eigenvalue weighted by molar-refractivity contribution is 5.39. The van der Waals surface area contributed by atoms with Crippen molar-refractivity contribution in [3.8, 4) is 11.5 Å². The molecule has 0 bridgehead atoms. The molecule has 0 aromatic heterocycles. The lowest BCUT2D eigenvalue weighted by atomic mass is 10.1. The Labute approximate surface area is 109 Å². The van der Waals surface area contributed by atoms with Crippen molar-refractivity contribution in [1.82, 2.24) is 5.32 Å². The number of benzene rings is 1. The second-order valence-corrected chi connectivity index (χ2v) is 4.79. The number of phenols is 1. The van der Waals surface area contributed by atoms with Gasteiger partial charge in [-0.05, 0) is 26.8 Å². The number of aromatic hydroxyl groups is 1. The summed E-state index contributed by atoms with van der Waals surface area (Å²) < 4.78 is 10.6. The van der Waals surface area contributed by atoms with Crippen LogP contribution in [-0.2, 0) is 11.3 Å². The highest BCUT2D eigenvalue weighted by Crippen LogP contribution is 2.23.